The number of halogens is 2. The van der Waals surface area contributed by atoms with Gasteiger partial charge in [-0.1, -0.05) is 41.4 Å². The van der Waals surface area contributed by atoms with Crippen molar-refractivity contribution in [2.45, 2.75) is 0 Å². The summed E-state index contributed by atoms with van der Waals surface area (Å²) < 4.78 is 0. The van der Waals surface area contributed by atoms with Crippen LogP contribution in [0.3, 0.4) is 0 Å². The van der Waals surface area contributed by atoms with Gasteiger partial charge in [0.05, 0.1) is 10.7 Å². The zero-order valence-corrected chi connectivity index (χ0v) is 10.7. The molecule has 92 valence electrons. The summed E-state index contributed by atoms with van der Waals surface area (Å²) in [6.45, 7) is 0. The molecule has 18 heavy (non-hydrogen) atoms. The molecule has 0 radical (unpaired) electrons. The van der Waals surface area contributed by atoms with Crippen LogP contribution >= 0.6 is 23.2 Å². The standard InChI is InChI=1S/C13H9Cl2NO2/c14-10-6-9(13(17)12(15)7-10)8-16(18)11-4-2-1-3-5-11/h1-8,18H/b9-8+. The highest BCUT2D eigenvalue weighted by Crippen LogP contribution is 2.24. The number of hydroxylamine groups is 1. The highest BCUT2D eigenvalue weighted by Gasteiger charge is 2.18. The number of carbonyl (C=O) groups is 1. The Morgan fingerprint density at radius 2 is 1.78 bits per heavy atom. The lowest BCUT2D eigenvalue weighted by Crippen LogP contribution is -2.14. The first kappa shape index (κ1) is 12.9. The summed E-state index contributed by atoms with van der Waals surface area (Å²) in [7, 11) is 0. The minimum atomic E-state index is -0.379. The molecule has 1 aromatic carbocycles. The van der Waals surface area contributed by atoms with Gasteiger partial charge in [-0.15, -0.1) is 0 Å². The van der Waals surface area contributed by atoms with Gasteiger partial charge in [-0.25, -0.2) is 5.06 Å². The van der Waals surface area contributed by atoms with Gasteiger partial charge in [-0.2, -0.15) is 0 Å². The first-order chi connectivity index (χ1) is 8.58. The van der Waals surface area contributed by atoms with Gasteiger partial charge in [0.2, 0.25) is 5.78 Å². The van der Waals surface area contributed by atoms with E-state index in [2.05, 4.69) is 0 Å². The topological polar surface area (TPSA) is 40.5 Å². The second kappa shape index (κ2) is 5.40. The van der Waals surface area contributed by atoms with Gasteiger partial charge in [-0.3, -0.25) is 10.0 Å². The number of ketones is 1. The van der Waals surface area contributed by atoms with Crippen molar-refractivity contribution in [1.29, 1.82) is 0 Å². The Balaban J connectivity index is 2.29. The fourth-order valence-corrected chi connectivity index (χ4v) is 1.97. The molecule has 0 saturated carbocycles. The van der Waals surface area contributed by atoms with Crippen molar-refractivity contribution in [2.24, 2.45) is 0 Å². The second-order valence-corrected chi connectivity index (χ2v) is 4.46. The molecule has 3 nitrogen and oxygen atoms in total. The molecule has 0 atom stereocenters. The summed E-state index contributed by atoms with van der Waals surface area (Å²) in [6.07, 6.45) is 4.09. The summed E-state index contributed by atoms with van der Waals surface area (Å²) in [5.41, 5.74) is 0.756. The van der Waals surface area contributed by atoms with Crippen molar-refractivity contribution >= 4 is 34.7 Å². The summed E-state index contributed by atoms with van der Waals surface area (Å²) >= 11 is 11.5. The molecule has 1 aliphatic carbocycles. The Morgan fingerprint density at radius 3 is 2.44 bits per heavy atom. The second-order valence-electron chi connectivity index (χ2n) is 3.62. The minimum Gasteiger partial charge on any atom is -0.288 e. The molecule has 2 rings (SSSR count). The highest BCUT2D eigenvalue weighted by atomic mass is 35.5. The molecule has 0 saturated heterocycles. The monoisotopic (exact) mass is 281 g/mol. The Hall–Kier alpha value is -1.55. The molecular weight excluding hydrogens is 273 g/mol. The van der Waals surface area contributed by atoms with E-state index < -0.39 is 0 Å². The van der Waals surface area contributed by atoms with Crippen LogP contribution in [0.25, 0.3) is 0 Å². The normalized spacial score (nSPS) is 17.5. The van der Waals surface area contributed by atoms with Crippen molar-refractivity contribution in [3.05, 3.63) is 64.3 Å². The Bertz CT molecular complexity index is 562. The van der Waals surface area contributed by atoms with E-state index in [0.29, 0.717) is 10.7 Å². The maximum Gasteiger partial charge on any atom is 0.206 e. The number of anilines is 1. The minimum absolute atomic E-state index is 0.0233. The number of rotatable bonds is 2. The molecule has 0 fully saturated rings. The van der Waals surface area contributed by atoms with Crippen LogP contribution in [-0.4, -0.2) is 11.0 Å². The number of hydrogen-bond donors (Lipinski definition) is 1. The van der Waals surface area contributed by atoms with Gasteiger partial charge in [0.25, 0.3) is 0 Å². The van der Waals surface area contributed by atoms with Gasteiger partial charge >= 0.3 is 0 Å². The third-order valence-corrected chi connectivity index (χ3v) is 2.82. The molecule has 1 N–H and O–H groups in total. The van der Waals surface area contributed by atoms with Gasteiger partial charge in [-0.05, 0) is 24.3 Å². The molecule has 0 bridgehead atoms. The van der Waals surface area contributed by atoms with Crippen LogP contribution in [-0.2, 0) is 4.79 Å². The zero-order chi connectivity index (χ0) is 13.1. The van der Waals surface area contributed by atoms with Crippen LogP contribution in [0.4, 0.5) is 5.69 Å². The summed E-state index contributed by atoms with van der Waals surface area (Å²) in [5, 5.41) is 11.0. The van der Waals surface area contributed by atoms with E-state index in [-0.39, 0.29) is 16.4 Å². The highest BCUT2D eigenvalue weighted by molar-refractivity contribution is 6.48. The molecule has 0 amide bonds. The molecular formula is C13H9Cl2NO2. The lowest BCUT2D eigenvalue weighted by Gasteiger charge is -2.14. The van der Waals surface area contributed by atoms with Crippen LogP contribution in [0.1, 0.15) is 0 Å². The van der Waals surface area contributed by atoms with Gasteiger partial charge in [0.1, 0.15) is 0 Å². The number of Topliss-reactive ketones (excluding diaryl/α,β-unsaturated/α-hetero) is 1. The predicted octanol–water partition coefficient (Wildman–Crippen LogP) is 3.59. The van der Waals surface area contributed by atoms with Gasteiger partial charge < -0.3 is 0 Å². The molecule has 0 heterocycles. The van der Waals surface area contributed by atoms with E-state index in [1.165, 1.54) is 18.4 Å². The molecule has 0 aliphatic heterocycles. The first-order valence-corrected chi connectivity index (χ1v) is 5.87. The van der Waals surface area contributed by atoms with Crippen LogP contribution in [0.5, 0.6) is 0 Å². The van der Waals surface area contributed by atoms with Crippen LogP contribution in [0, 0.1) is 0 Å². The summed E-state index contributed by atoms with van der Waals surface area (Å²) in [5.74, 6) is -0.379. The lowest BCUT2D eigenvalue weighted by atomic mass is 10.1. The molecule has 0 unspecified atom stereocenters. The number of benzene rings is 1. The average molecular weight is 282 g/mol. The van der Waals surface area contributed by atoms with Crippen molar-refractivity contribution in [2.75, 3.05) is 5.06 Å². The van der Waals surface area contributed by atoms with E-state index in [9.17, 15) is 10.0 Å². The van der Waals surface area contributed by atoms with E-state index >= 15 is 0 Å². The Kier molecular flexibility index (Phi) is 3.87. The number of allylic oxidation sites excluding steroid dienone is 5. The SMILES string of the molecule is O=C1C(Cl)=CC(Cl)=C/C1=C\N(O)c1ccccc1. The molecule has 1 aliphatic rings. The molecule has 0 aromatic heterocycles. The van der Waals surface area contributed by atoms with Crippen LogP contribution < -0.4 is 5.06 Å². The third-order valence-electron chi connectivity index (χ3n) is 2.32. The molecule has 0 spiro atoms. The van der Waals surface area contributed by atoms with Crippen LogP contribution in [0.2, 0.25) is 0 Å². The Labute approximate surface area is 114 Å². The number of hydrogen-bond acceptors (Lipinski definition) is 3. The smallest absolute Gasteiger partial charge is 0.206 e. The van der Waals surface area contributed by atoms with E-state index in [0.717, 1.165) is 5.06 Å². The average Bonchev–Trinajstić information content (AvgIpc) is 2.36. The van der Waals surface area contributed by atoms with Crippen LogP contribution in [0.15, 0.2) is 64.3 Å². The quantitative estimate of drug-likeness (QED) is 0.665. The van der Waals surface area contributed by atoms with Gasteiger partial charge in [0, 0.05) is 16.8 Å². The first-order valence-electron chi connectivity index (χ1n) is 5.12. The number of carbonyl (C=O) groups excluding carboxylic acids is 1. The van der Waals surface area contributed by atoms with Crippen molar-refractivity contribution in [1.82, 2.24) is 0 Å². The maximum absolute atomic E-state index is 11.7. The number of nitrogens with zero attached hydrogens (tertiary/aromatic N) is 1. The largest absolute Gasteiger partial charge is 0.288 e. The fourth-order valence-electron chi connectivity index (χ4n) is 1.46. The van der Waals surface area contributed by atoms with Crippen molar-refractivity contribution < 1.29 is 10.0 Å². The fraction of sp³-hybridized carbons (Fsp3) is 0. The predicted molar refractivity (Wildman–Crippen MR) is 71.7 cm³/mol. The molecule has 5 heteroatoms. The number of para-hydroxylation sites is 1. The Morgan fingerprint density at radius 1 is 1.11 bits per heavy atom. The van der Waals surface area contributed by atoms with Crippen molar-refractivity contribution in [3.8, 4) is 0 Å². The lowest BCUT2D eigenvalue weighted by molar-refractivity contribution is -0.111. The third kappa shape index (κ3) is 2.82. The van der Waals surface area contributed by atoms with E-state index in [1.807, 2.05) is 6.07 Å². The summed E-state index contributed by atoms with van der Waals surface area (Å²) in [6, 6.07) is 8.78. The zero-order valence-electron chi connectivity index (χ0n) is 9.18. The van der Waals surface area contributed by atoms with E-state index in [4.69, 9.17) is 23.2 Å². The molecule has 1 aromatic rings. The van der Waals surface area contributed by atoms with E-state index in [1.54, 1.807) is 24.3 Å². The maximum atomic E-state index is 11.7. The van der Waals surface area contributed by atoms with Crippen molar-refractivity contribution in [3.63, 3.8) is 0 Å². The van der Waals surface area contributed by atoms with Gasteiger partial charge in [0.15, 0.2) is 0 Å². The summed E-state index contributed by atoms with van der Waals surface area (Å²) in [4.78, 5) is 11.7.